The Morgan fingerprint density at radius 3 is 2.44 bits per heavy atom. The molecule has 1 saturated carbocycles. The maximum atomic E-state index is 12.9. The van der Waals surface area contributed by atoms with Crippen LogP contribution in [-0.4, -0.2) is 29.2 Å². The molecule has 2 amide bonds. The van der Waals surface area contributed by atoms with Gasteiger partial charge in [0.15, 0.2) is 0 Å². The van der Waals surface area contributed by atoms with Crippen LogP contribution in [0.4, 0.5) is 0 Å². The van der Waals surface area contributed by atoms with Crippen LogP contribution in [0.3, 0.4) is 0 Å². The van der Waals surface area contributed by atoms with E-state index in [9.17, 15) is 14.4 Å². The number of amides is 2. The Bertz CT molecular complexity index is 1120. The van der Waals surface area contributed by atoms with Crippen LogP contribution in [0, 0.1) is 11.8 Å². The molecule has 34 heavy (non-hydrogen) atoms. The first-order valence-electron chi connectivity index (χ1n) is 11.1. The average Bonchev–Trinajstić information content (AvgIpc) is 3.57. The zero-order valence-electron chi connectivity index (χ0n) is 19.3. The molecular formula is C27H27Cl2NO4. The Balaban J connectivity index is 1.64. The van der Waals surface area contributed by atoms with Gasteiger partial charge >= 0.3 is 11.9 Å². The van der Waals surface area contributed by atoms with E-state index in [0.717, 1.165) is 16.9 Å². The molecule has 0 N–H and O–H groups in total. The quantitative estimate of drug-likeness (QED) is 0.149. The van der Waals surface area contributed by atoms with Crippen molar-refractivity contribution in [2.45, 2.75) is 33.1 Å². The molecule has 3 rings (SSSR count). The minimum Gasteiger partial charge on any atom is -0.419 e. The first-order chi connectivity index (χ1) is 16.2. The third kappa shape index (κ3) is 7.05. The predicted molar refractivity (Wildman–Crippen MR) is 134 cm³/mol. The summed E-state index contributed by atoms with van der Waals surface area (Å²) in [5.74, 6) is -1.70. The van der Waals surface area contributed by atoms with Crippen LogP contribution in [0.5, 0.6) is 5.75 Å². The second-order valence-corrected chi connectivity index (χ2v) is 9.59. The van der Waals surface area contributed by atoms with Gasteiger partial charge in [-0.2, -0.15) is 0 Å². The van der Waals surface area contributed by atoms with E-state index in [4.69, 9.17) is 27.9 Å². The van der Waals surface area contributed by atoms with Crippen LogP contribution in [0.15, 0.2) is 72.3 Å². The fourth-order valence-electron chi connectivity index (χ4n) is 3.54. The summed E-state index contributed by atoms with van der Waals surface area (Å²) in [4.78, 5) is 38.8. The number of halogens is 2. The van der Waals surface area contributed by atoms with Gasteiger partial charge in [-0.25, -0.2) is 4.79 Å². The van der Waals surface area contributed by atoms with Crippen molar-refractivity contribution < 1.29 is 19.1 Å². The number of esters is 1. The number of carbonyl (C=O) groups excluding carboxylic acids is 3. The van der Waals surface area contributed by atoms with Crippen molar-refractivity contribution in [1.82, 2.24) is 4.90 Å². The summed E-state index contributed by atoms with van der Waals surface area (Å²) < 4.78 is 5.12. The minimum atomic E-state index is -1.09. The van der Waals surface area contributed by atoms with Gasteiger partial charge in [0.2, 0.25) is 0 Å². The van der Waals surface area contributed by atoms with Gasteiger partial charge in [0, 0.05) is 12.6 Å². The Kier molecular flexibility index (Phi) is 8.70. The molecule has 1 fully saturated rings. The third-order valence-corrected chi connectivity index (χ3v) is 6.10. The Labute approximate surface area is 210 Å². The van der Waals surface area contributed by atoms with Crippen molar-refractivity contribution in [1.29, 1.82) is 0 Å². The zero-order chi connectivity index (χ0) is 24.8. The van der Waals surface area contributed by atoms with Gasteiger partial charge < -0.3 is 4.74 Å². The molecule has 7 heteroatoms. The Morgan fingerprint density at radius 1 is 1.09 bits per heavy atom. The first kappa shape index (κ1) is 25.7. The molecule has 0 aromatic heterocycles. The number of allylic oxidation sites excluding steroid dienone is 3. The molecule has 0 aliphatic heterocycles. The number of hydrogen-bond acceptors (Lipinski definition) is 4. The van der Waals surface area contributed by atoms with Gasteiger partial charge in [-0.3, -0.25) is 14.5 Å². The number of hydrogen-bond donors (Lipinski definition) is 0. The van der Waals surface area contributed by atoms with Crippen LogP contribution in [-0.2, 0) is 14.4 Å². The summed E-state index contributed by atoms with van der Waals surface area (Å²) in [6.45, 7) is 5.62. The topological polar surface area (TPSA) is 63.7 Å². The molecule has 2 atom stereocenters. The molecule has 1 aliphatic carbocycles. The van der Waals surface area contributed by atoms with E-state index in [1.165, 1.54) is 6.08 Å². The van der Waals surface area contributed by atoms with Gasteiger partial charge in [-0.1, -0.05) is 73.5 Å². The fourth-order valence-corrected chi connectivity index (χ4v) is 3.84. The van der Waals surface area contributed by atoms with Gasteiger partial charge in [0.05, 0.1) is 10.0 Å². The van der Waals surface area contributed by atoms with E-state index < -0.39 is 17.8 Å². The summed E-state index contributed by atoms with van der Waals surface area (Å²) in [6, 6.07) is 13.9. The lowest BCUT2D eigenvalue weighted by Gasteiger charge is -2.20. The summed E-state index contributed by atoms with van der Waals surface area (Å²) in [5.41, 5.74) is 1.81. The lowest BCUT2D eigenvalue weighted by Crippen LogP contribution is -2.44. The summed E-state index contributed by atoms with van der Waals surface area (Å²) in [5, 5.41) is 1.07. The van der Waals surface area contributed by atoms with E-state index in [1.807, 2.05) is 38.1 Å². The molecular weight excluding hydrogens is 473 g/mol. The molecule has 2 aromatic carbocycles. The van der Waals surface area contributed by atoms with Crippen LogP contribution < -0.4 is 4.74 Å². The summed E-state index contributed by atoms with van der Waals surface area (Å²) in [7, 11) is 0. The molecule has 0 bridgehead atoms. The van der Waals surface area contributed by atoms with Crippen molar-refractivity contribution >= 4 is 41.0 Å². The Morgan fingerprint density at radius 2 is 1.79 bits per heavy atom. The van der Waals surface area contributed by atoms with Crippen molar-refractivity contribution in [2.24, 2.45) is 11.8 Å². The van der Waals surface area contributed by atoms with Crippen LogP contribution in [0.25, 0.3) is 0 Å². The first-order valence-corrected chi connectivity index (χ1v) is 11.9. The fraction of sp³-hybridized carbons (Fsp3) is 0.296. The molecule has 0 saturated heterocycles. The molecule has 5 nitrogen and oxygen atoms in total. The molecule has 178 valence electrons. The molecule has 2 aromatic rings. The van der Waals surface area contributed by atoms with E-state index in [2.05, 4.69) is 0 Å². The highest BCUT2D eigenvalue weighted by molar-refractivity contribution is 6.42. The lowest BCUT2D eigenvalue weighted by molar-refractivity contribution is -0.157. The lowest BCUT2D eigenvalue weighted by atomic mass is 10.1. The van der Waals surface area contributed by atoms with Crippen molar-refractivity contribution in [2.75, 3.05) is 6.54 Å². The number of ether oxygens (including phenoxy) is 1. The second kappa shape index (κ2) is 11.5. The van der Waals surface area contributed by atoms with Gasteiger partial charge in [-0.15, -0.1) is 0 Å². The van der Waals surface area contributed by atoms with E-state index >= 15 is 0 Å². The second-order valence-electron chi connectivity index (χ2n) is 8.78. The normalized spacial score (nSPS) is 17.6. The maximum Gasteiger partial charge on any atom is 0.402 e. The van der Waals surface area contributed by atoms with Crippen molar-refractivity contribution in [3.05, 3.63) is 87.9 Å². The number of benzene rings is 2. The maximum absolute atomic E-state index is 12.9. The standard InChI is InChI=1S/C27H27Cl2NO4/c1-17(2)16-30(26(32)27(33)34-21-7-5-4-6-8-21)25(31)13-18(3)9-10-19-14-22(19)20-11-12-23(28)24(29)15-20/h4-13,15,17,19,22H,14,16H2,1-3H3/b10-9+,18-13+/t19-,22-/m1/s1. The van der Waals surface area contributed by atoms with Crippen molar-refractivity contribution in [3.8, 4) is 5.75 Å². The highest BCUT2D eigenvalue weighted by atomic mass is 35.5. The molecule has 0 heterocycles. The van der Waals surface area contributed by atoms with E-state index in [1.54, 1.807) is 43.3 Å². The number of para-hydroxylation sites is 1. The van der Waals surface area contributed by atoms with Gasteiger partial charge in [0.25, 0.3) is 5.91 Å². The molecule has 0 spiro atoms. The average molecular weight is 500 g/mol. The number of imide groups is 1. The highest BCUT2D eigenvalue weighted by Gasteiger charge is 2.36. The monoisotopic (exact) mass is 499 g/mol. The third-order valence-electron chi connectivity index (χ3n) is 5.36. The highest BCUT2D eigenvalue weighted by Crippen LogP contribution is 2.49. The number of rotatable bonds is 7. The van der Waals surface area contributed by atoms with E-state index in [0.29, 0.717) is 27.5 Å². The van der Waals surface area contributed by atoms with Crippen molar-refractivity contribution in [3.63, 3.8) is 0 Å². The molecule has 0 radical (unpaired) electrons. The number of carbonyl (C=O) groups is 3. The van der Waals surface area contributed by atoms with Crippen LogP contribution in [0.2, 0.25) is 10.0 Å². The predicted octanol–water partition coefficient (Wildman–Crippen LogP) is 6.22. The number of nitrogens with zero attached hydrogens (tertiary/aromatic N) is 1. The molecule has 1 aliphatic rings. The smallest absolute Gasteiger partial charge is 0.402 e. The van der Waals surface area contributed by atoms with Crippen LogP contribution in [0.1, 0.15) is 38.7 Å². The summed E-state index contributed by atoms with van der Waals surface area (Å²) in [6.07, 6.45) is 6.26. The van der Waals surface area contributed by atoms with Crippen LogP contribution >= 0.6 is 23.2 Å². The zero-order valence-corrected chi connectivity index (χ0v) is 20.8. The minimum absolute atomic E-state index is 0.0138. The largest absolute Gasteiger partial charge is 0.419 e. The van der Waals surface area contributed by atoms with E-state index in [-0.39, 0.29) is 18.2 Å². The molecule has 0 unspecified atom stereocenters. The summed E-state index contributed by atoms with van der Waals surface area (Å²) >= 11 is 12.1. The van der Waals surface area contributed by atoms with Gasteiger partial charge in [0.1, 0.15) is 5.75 Å². The van der Waals surface area contributed by atoms with Gasteiger partial charge in [-0.05, 0) is 66.5 Å². The SMILES string of the molecule is CC(/C=C/[C@@H]1C[C@H]1c1ccc(Cl)c(Cl)c1)=C\C(=O)N(CC(C)C)C(=O)C(=O)Oc1ccccc1. The Hall–Kier alpha value is -2.89.